The third-order valence-electron chi connectivity index (χ3n) is 2.73. The molecule has 1 heterocycles. The summed E-state index contributed by atoms with van der Waals surface area (Å²) in [6.07, 6.45) is 1.83. The molecular weight excluding hydrogens is 193 g/mol. The predicted molar refractivity (Wildman–Crippen MR) is 54.3 cm³/mol. The summed E-state index contributed by atoms with van der Waals surface area (Å²) in [6.45, 7) is 3.61. The standard InChI is InChI=1S/C12H12FNO/c1-7-5-9-4-3-8(2)15-12(9)10(6-14)11(7)13/h5,8H,3-4H2,1-2H3. The Balaban J connectivity index is 2.63. The van der Waals surface area contributed by atoms with Gasteiger partial charge < -0.3 is 4.74 Å². The van der Waals surface area contributed by atoms with Crippen molar-refractivity contribution in [3.05, 3.63) is 28.6 Å². The molecule has 0 saturated carbocycles. The number of nitriles is 1. The zero-order valence-electron chi connectivity index (χ0n) is 8.80. The molecule has 1 aliphatic heterocycles. The fraction of sp³-hybridized carbons (Fsp3) is 0.417. The van der Waals surface area contributed by atoms with Crippen LogP contribution in [0.15, 0.2) is 6.07 Å². The third kappa shape index (κ3) is 1.56. The van der Waals surface area contributed by atoms with Crippen LogP contribution in [0.5, 0.6) is 5.75 Å². The molecule has 0 saturated heterocycles. The molecule has 3 heteroatoms. The summed E-state index contributed by atoms with van der Waals surface area (Å²) in [5.41, 5.74) is 1.52. The molecule has 0 amide bonds. The maximum Gasteiger partial charge on any atom is 0.147 e. The van der Waals surface area contributed by atoms with Gasteiger partial charge >= 0.3 is 0 Å². The molecule has 2 nitrogen and oxygen atoms in total. The fourth-order valence-corrected chi connectivity index (χ4v) is 1.89. The highest BCUT2D eigenvalue weighted by atomic mass is 19.1. The summed E-state index contributed by atoms with van der Waals surface area (Å²) >= 11 is 0. The highest BCUT2D eigenvalue weighted by molar-refractivity contribution is 5.52. The molecule has 1 unspecified atom stereocenters. The quantitative estimate of drug-likeness (QED) is 0.652. The van der Waals surface area contributed by atoms with Crippen LogP contribution in [0.4, 0.5) is 4.39 Å². The van der Waals surface area contributed by atoms with Crippen molar-refractivity contribution in [2.75, 3.05) is 0 Å². The number of rotatable bonds is 0. The number of benzene rings is 1. The van der Waals surface area contributed by atoms with Crippen molar-refractivity contribution in [2.45, 2.75) is 32.8 Å². The van der Waals surface area contributed by atoms with Crippen LogP contribution in [0.3, 0.4) is 0 Å². The molecule has 0 bridgehead atoms. The predicted octanol–water partition coefficient (Wildman–Crippen LogP) is 2.72. The average Bonchev–Trinajstić information content (AvgIpc) is 2.21. The minimum Gasteiger partial charge on any atom is -0.489 e. The van der Waals surface area contributed by atoms with Gasteiger partial charge in [-0.1, -0.05) is 0 Å². The maximum atomic E-state index is 13.6. The summed E-state index contributed by atoms with van der Waals surface area (Å²) < 4.78 is 19.1. The van der Waals surface area contributed by atoms with Crippen molar-refractivity contribution >= 4 is 0 Å². The van der Waals surface area contributed by atoms with Crippen LogP contribution in [-0.4, -0.2) is 6.10 Å². The maximum absolute atomic E-state index is 13.6. The molecule has 1 aromatic rings. The minimum atomic E-state index is -0.453. The Morgan fingerprint density at radius 3 is 3.00 bits per heavy atom. The van der Waals surface area contributed by atoms with Crippen LogP contribution in [0, 0.1) is 24.1 Å². The Kier molecular flexibility index (Phi) is 2.36. The zero-order chi connectivity index (χ0) is 11.0. The van der Waals surface area contributed by atoms with E-state index in [4.69, 9.17) is 10.00 Å². The second-order valence-electron chi connectivity index (χ2n) is 3.95. The number of aryl methyl sites for hydroxylation is 2. The lowest BCUT2D eigenvalue weighted by atomic mass is 9.97. The van der Waals surface area contributed by atoms with Crippen LogP contribution in [0.2, 0.25) is 0 Å². The minimum absolute atomic E-state index is 0.0524. The van der Waals surface area contributed by atoms with Gasteiger partial charge in [0.25, 0.3) is 0 Å². The molecule has 1 aromatic carbocycles. The molecule has 0 radical (unpaired) electrons. The normalized spacial score (nSPS) is 18.9. The topological polar surface area (TPSA) is 33.0 Å². The number of halogens is 1. The van der Waals surface area contributed by atoms with E-state index in [9.17, 15) is 4.39 Å². The van der Waals surface area contributed by atoms with Crippen LogP contribution in [0.25, 0.3) is 0 Å². The van der Waals surface area contributed by atoms with Crippen molar-refractivity contribution < 1.29 is 9.13 Å². The van der Waals surface area contributed by atoms with Crippen molar-refractivity contribution in [1.82, 2.24) is 0 Å². The summed E-state index contributed by atoms with van der Waals surface area (Å²) in [6, 6.07) is 3.66. The van der Waals surface area contributed by atoms with Gasteiger partial charge in [0.05, 0.1) is 6.10 Å². The van der Waals surface area contributed by atoms with E-state index >= 15 is 0 Å². The van der Waals surface area contributed by atoms with Gasteiger partial charge in [0, 0.05) is 0 Å². The van der Waals surface area contributed by atoms with Crippen molar-refractivity contribution in [1.29, 1.82) is 5.26 Å². The lowest BCUT2D eigenvalue weighted by Crippen LogP contribution is -2.20. The van der Waals surface area contributed by atoms with E-state index in [0.29, 0.717) is 11.3 Å². The number of ether oxygens (including phenoxy) is 1. The molecule has 1 aliphatic rings. The van der Waals surface area contributed by atoms with Gasteiger partial charge in [-0.3, -0.25) is 0 Å². The summed E-state index contributed by atoms with van der Waals surface area (Å²) in [5, 5.41) is 8.92. The van der Waals surface area contributed by atoms with Gasteiger partial charge in [-0.25, -0.2) is 4.39 Å². The highest BCUT2D eigenvalue weighted by Crippen LogP contribution is 2.34. The SMILES string of the molecule is Cc1cc2c(c(C#N)c1F)OC(C)CC2. The first-order valence-electron chi connectivity index (χ1n) is 5.02. The molecule has 78 valence electrons. The lowest BCUT2D eigenvalue weighted by molar-refractivity contribution is 0.191. The van der Waals surface area contributed by atoms with Crippen LogP contribution < -0.4 is 4.74 Å². The molecule has 0 aromatic heterocycles. The first kappa shape index (κ1) is 9.97. The molecule has 15 heavy (non-hydrogen) atoms. The van der Waals surface area contributed by atoms with E-state index < -0.39 is 5.82 Å². The zero-order valence-corrected chi connectivity index (χ0v) is 8.80. The Morgan fingerprint density at radius 2 is 2.33 bits per heavy atom. The van der Waals surface area contributed by atoms with Crippen molar-refractivity contribution in [2.24, 2.45) is 0 Å². The number of hydrogen-bond acceptors (Lipinski definition) is 2. The Bertz CT molecular complexity index is 448. The Hall–Kier alpha value is -1.56. The second kappa shape index (κ2) is 3.54. The van der Waals surface area contributed by atoms with E-state index in [2.05, 4.69) is 0 Å². The monoisotopic (exact) mass is 205 g/mol. The molecule has 1 atom stereocenters. The second-order valence-corrected chi connectivity index (χ2v) is 3.95. The van der Waals surface area contributed by atoms with Crippen LogP contribution >= 0.6 is 0 Å². The molecule has 0 aliphatic carbocycles. The first-order chi connectivity index (χ1) is 7.13. The van der Waals surface area contributed by atoms with Gasteiger partial charge in [-0.05, 0) is 43.9 Å². The molecule has 0 fully saturated rings. The van der Waals surface area contributed by atoms with E-state index in [0.717, 1.165) is 18.4 Å². The van der Waals surface area contributed by atoms with Crippen LogP contribution in [0.1, 0.15) is 30.0 Å². The number of hydrogen-bond donors (Lipinski definition) is 0. The number of fused-ring (bicyclic) bond motifs is 1. The molecule has 2 rings (SSSR count). The molecule has 0 N–H and O–H groups in total. The fourth-order valence-electron chi connectivity index (χ4n) is 1.89. The van der Waals surface area contributed by atoms with Crippen molar-refractivity contribution in [3.8, 4) is 11.8 Å². The summed E-state index contributed by atoms with van der Waals surface area (Å²) in [5.74, 6) is -0.00954. The first-order valence-corrected chi connectivity index (χ1v) is 5.02. The van der Waals surface area contributed by atoms with E-state index in [1.165, 1.54) is 0 Å². The van der Waals surface area contributed by atoms with Gasteiger partial charge in [-0.15, -0.1) is 0 Å². The number of nitrogens with zero attached hydrogens (tertiary/aromatic N) is 1. The molecule has 0 spiro atoms. The van der Waals surface area contributed by atoms with Crippen molar-refractivity contribution in [3.63, 3.8) is 0 Å². The van der Waals surface area contributed by atoms with E-state index in [1.54, 1.807) is 13.0 Å². The summed E-state index contributed by atoms with van der Waals surface area (Å²) in [4.78, 5) is 0. The summed E-state index contributed by atoms with van der Waals surface area (Å²) in [7, 11) is 0. The average molecular weight is 205 g/mol. The van der Waals surface area contributed by atoms with Gasteiger partial charge in [-0.2, -0.15) is 5.26 Å². The van der Waals surface area contributed by atoms with Gasteiger partial charge in [0.15, 0.2) is 0 Å². The van der Waals surface area contributed by atoms with E-state index in [1.807, 2.05) is 13.0 Å². The van der Waals surface area contributed by atoms with E-state index in [-0.39, 0.29) is 11.7 Å². The smallest absolute Gasteiger partial charge is 0.147 e. The highest BCUT2D eigenvalue weighted by Gasteiger charge is 2.23. The van der Waals surface area contributed by atoms with Gasteiger partial charge in [0.2, 0.25) is 0 Å². The van der Waals surface area contributed by atoms with Crippen LogP contribution in [-0.2, 0) is 6.42 Å². The van der Waals surface area contributed by atoms with Gasteiger partial charge in [0.1, 0.15) is 23.2 Å². The Labute approximate surface area is 88.3 Å². The lowest BCUT2D eigenvalue weighted by Gasteiger charge is -2.24. The molecular formula is C12H12FNO. The Morgan fingerprint density at radius 1 is 1.60 bits per heavy atom. The third-order valence-corrected chi connectivity index (χ3v) is 2.73. The largest absolute Gasteiger partial charge is 0.489 e.